The third-order valence-electron chi connectivity index (χ3n) is 3.24. The van der Waals surface area contributed by atoms with E-state index in [0.29, 0.717) is 0 Å². The number of nitrogens with zero attached hydrogens (tertiary/aromatic N) is 6. The van der Waals surface area contributed by atoms with Crippen molar-refractivity contribution in [1.29, 1.82) is 0 Å². The monoisotopic (exact) mass is 466 g/mol. The minimum atomic E-state index is -5.00. The molecule has 18 heteroatoms. The molecule has 0 aromatic carbocycles. The van der Waals surface area contributed by atoms with Gasteiger partial charge in [-0.2, -0.15) is 8.42 Å². The molecule has 0 spiro atoms. The molecule has 1 aliphatic rings. The highest BCUT2D eigenvalue weighted by Gasteiger charge is 2.54. The quantitative estimate of drug-likeness (QED) is 0.0657. The molecule has 1 fully saturated rings. The molecule has 156 valence electrons. The SMILES string of the molecule is CON=C(C(=O)N[C@@H]1C(=O)N(S(=O)(=O)O)[C@H]1N=[N+]=[N-])c1csc(NC(=O)CCl)n1. The Morgan fingerprint density at radius 2 is 2.24 bits per heavy atom. The summed E-state index contributed by atoms with van der Waals surface area (Å²) in [5.41, 5.74) is 8.06. The van der Waals surface area contributed by atoms with Crippen molar-refractivity contribution in [2.75, 3.05) is 18.3 Å². The van der Waals surface area contributed by atoms with Gasteiger partial charge in [-0.15, -0.1) is 22.9 Å². The second kappa shape index (κ2) is 9.01. The van der Waals surface area contributed by atoms with Gasteiger partial charge in [-0.05, 0) is 5.53 Å². The molecular formula is C11H11ClN8O7S2. The molecule has 2 atom stereocenters. The number of amides is 3. The van der Waals surface area contributed by atoms with Gasteiger partial charge in [0.15, 0.2) is 17.0 Å². The van der Waals surface area contributed by atoms with Crippen LogP contribution in [0.2, 0.25) is 0 Å². The molecule has 1 saturated heterocycles. The zero-order chi connectivity index (χ0) is 21.8. The first-order valence-electron chi connectivity index (χ1n) is 7.22. The summed E-state index contributed by atoms with van der Waals surface area (Å²) in [7, 11) is -3.87. The normalized spacial score (nSPS) is 19.1. The van der Waals surface area contributed by atoms with Crippen molar-refractivity contribution < 1.29 is 32.2 Å². The highest BCUT2D eigenvalue weighted by molar-refractivity contribution is 7.84. The van der Waals surface area contributed by atoms with E-state index < -0.39 is 45.9 Å². The number of aromatic nitrogens is 1. The van der Waals surface area contributed by atoms with Crippen molar-refractivity contribution in [3.63, 3.8) is 0 Å². The number of carbonyl (C=O) groups is 3. The van der Waals surface area contributed by atoms with Gasteiger partial charge < -0.3 is 15.5 Å². The van der Waals surface area contributed by atoms with E-state index in [-0.39, 0.29) is 21.0 Å². The van der Waals surface area contributed by atoms with E-state index in [1.165, 1.54) is 5.38 Å². The van der Waals surface area contributed by atoms with Crippen LogP contribution in [0.5, 0.6) is 0 Å². The maximum absolute atomic E-state index is 12.5. The smallest absolute Gasteiger partial charge is 0.362 e. The van der Waals surface area contributed by atoms with Crippen molar-refractivity contribution in [2.45, 2.75) is 12.2 Å². The summed E-state index contributed by atoms with van der Waals surface area (Å²) in [6, 6.07) is -1.59. The number of oxime groups is 1. The number of nitrogens with one attached hydrogen (secondary N) is 2. The van der Waals surface area contributed by atoms with Crippen molar-refractivity contribution in [3.05, 3.63) is 21.5 Å². The van der Waals surface area contributed by atoms with Crippen molar-refractivity contribution >= 4 is 61.8 Å². The lowest BCUT2D eigenvalue weighted by atomic mass is 10.1. The fourth-order valence-electron chi connectivity index (χ4n) is 2.10. The van der Waals surface area contributed by atoms with Crippen LogP contribution in [0.25, 0.3) is 10.4 Å². The van der Waals surface area contributed by atoms with Crippen LogP contribution in [0.3, 0.4) is 0 Å². The van der Waals surface area contributed by atoms with E-state index in [0.717, 1.165) is 18.4 Å². The lowest BCUT2D eigenvalue weighted by Gasteiger charge is -2.41. The average Bonchev–Trinajstić information content (AvgIpc) is 3.10. The fraction of sp³-hybridized carbons (Fsp3) is 0.364. The van der Waals surface area contributed by atoms with Crippen molar-refractivity contribution in [2.24, 2.45) is 10.3 Å². The number of alkyl halides is 1. The lowest BCUT2D eigenvalue weighted by molar-refractivity contribution is -0.144. The first-order chi connectivity index (χ1) is 13.6. The van der Waals surface area contributed by atoms with Gasteiger partial charge in [-0.3, -0.25) is 18.9 Å². The molecule has 0 radical (unpaired) electrons. The Hall–Kier alpha value is -2.98. The van der Waals surface area contributed by atoms with E-state index in [1.54, 1.807) is 0 Å². The van der Waals surface area contributed by atoms with Gasteiger partial charge in [0, 0.05) is 10.3 Å². The number of hydrogen-bond acceptors (Lipinski definition) is 10. The third kappa shape index (κ3) is 4.90. The highest BCUT2D eigenvalue weighted by Crippen LogP contribution is 2.25. The molecule has 15 nitrogen and oxygen atoms in total. The van der Waals surface area contributed by atoms with Crippen molar-refractivity contribution in [3.8, 4) is 0 Å². The molecule has 2 heterocycles. The number of thiazole rings is 1. The molecule has 0 unspecified atom stereocenters. The summed E-state index contributed by atoms with van der Waals surface area (Å²) < 4.78 is 31.3. The van der Waals surface area contributed by atoms with E-state index in [4.69, 9.17) is 21.7 Å². The molecular weight excluding hydrogens is 456 g/mol. The molecule has 3 amide bonds. The first-order valence-corrected chi connectivity index (χ1v) is 10.0. The van der Waals surface area contributed by atoms with Crippen LogP contribution in [-0.2, 0) is 29.5 Å². The fourth-order valence-corrected chi connectivity index (χ4v) is 3.66. The van der Waals surface area contributed by atoms with Gasteiger partial charge >= 0.3 is 10.3 Å². The molecule has 3 N–H and O–H groups in total. The van der Waals surface area contributed by atoms with E-state index in [2.05, 4.69) is 35.6 Å². The number of azide groups is 1. The molecule has 1 aliphatic heterocycles. The Kier molecular flexibility index (Phi) is 6.93. The van der Waals surface area contributed by atoms with Crippen LogP contribution in [-0.4, -0.2) is 70.9 Å². The molecule has 1 aromatic rings. The Labute approximate surface area is 171 Å². The minimum absolute atomic E-state index is 0.0436. The molecule has 0 aliphatic carbocycles. The van der Waals surface area contributed by atoms with Crippen LogP contribution in [0.4, 0.5) is 5.13 Å². The van der Waals surface area contributed by atoms with Gasteiger partial charge in [-0.1, -0.05) is 10.3 Å². The predicted molar refractivity (Wildman–Crippen MR) is 98.3 cm³/mol. The lowest BCUT2D eigenvalue weighted by Crippen LogP contribution is -2.71. The summed E-state index contributed by atoms with van der Waals surface area (Å²) in [6.45, 7) is 0. The number of halogens is 1. The summed E-state index contributed by atoms with van der Waals surface area (Å²) >= 11 is 6.32. The second-order valence-corrected chi connectivity index (χ2v) is 7.44. The second-order valence-electron chi connectivity index (χ2n) is 5.02. The molecule has 0 bridgehead atoms. The zero-order valence-electron chi connectivity index (χ0n) is 14.2. The van der Waals surface area contributed by atoms with E-state index in [9.17, 15) is 22.8 Å². The number of hydrogen-bond donors (Lipinski definition) is 3. The topological polar surface area (TPSA) is 216 Å². The molecule has 2 rings (SSSR count). The minimum Gasteiger partial charge on any atom is -0.398 e. The van der Waals surface area contributed by atoms with Crippen molar-refractivity contribution in [1.82, 2.24) is 14.6 Å². The molecule has 0 saturated carbocycles. The zero-order valence-corrected chi connectivity index (χ0v) is 16.6. The standard InChI is InChI=1S/C11H11ClN8O7S2/c1-27-18-6(4-3-28-11(14-4)15-5(21)2-12)9(22)16-7-8(17-19-13)20(10(7)23)29(24,25)26/h3,7-8H,2H2,1H3,(H,16,22)(H,14,15,21)(H,24,25,26)/t7-,8+/m0/s1. The van der Waals surface area contributed by atoms with Crippen LogP contribution in [0.1, 0.15) is 5.69 Å². The van der Waals surface area contributed by atoms with E-state index in [1.807, 2.05) is 0 Å². The summed E-state index contributed by atoms with van der Waals surface area (Å²) in [5.74, 6) is -3.12. The van der Waals surface area contributed by atoms with Gasteiger partial charge in [0.25, 0.3) is 11.8 Å². The van der Waals surface area contributed by atoms with Crippen LogP contribution < -0.4 is 10.6 Å². The number of carbonyl (C=O) groups excluding carboxylic acids is 3. The number of β-lactam (4-membered cyclic amide) rings is 1. The largest absolute Gasteiger partial charge is 0.398 e. The number of anilines is 1. The van der Waals surface area contributed by atoms with Gasteiger partial charge in [-0.25, -0.2) is 9.29 Å². The number of rotatable bonds is 8. The van der Waals surface area contributed by atoms with Crippen LogP contribution in [0, 0.1) is 0 Å². The van der Waals surface area contributed by atoms with Crippen LogP contribution in [0.15, 0.2) is 15.7 Å². The summed E-state index contributed by atoms with van der Waals surface area (Å²) in [6.07, 6.45) is -1.72. The first kappa shape index (κ1) is 22.3. The summed E-state index contributed by atoms with van der Waals surface area (Å²) in [5, 5.41) is 12.5. The summed E-state index contributed by atoms with van der Waals surface area (Å²) in [4.78, 5) is 46.6. The Morgan fingerprint density at radius 3 is 2.79 bits per heavy atom. The predicted octanol–water partition coefficient (Wildman–Crippen LogP) is -0.563. The Morgan fingerprint density at radius 1 is 1.55 bits per heavy atom. The molecule has 29 heavy (non-hydrogen) atoms. The average molecular weight is 467 g/mol. The van der Waals surface area contributed by atoms with E-state index >= 15 is 0 Å². The maximum Gasteiger partial charge on any atom is 0.362 e. The highest BCUT2D eigenvalue weighted by atomic mass is 35.5. The maximum atomic E-state index is 12.5. The van der Waals surface area contributed by atoms with Gasteiger partial charge in [0.05, 0.1) is 0 Å². The Balaban J connectivity index is 2.22. The van der Waals surface area contributed by atoms with Crippen LogP contribution >= 0.6 is 22.9 Å². The Bertz CT molecular complexity index is 1020. The van der Waals surface area contributed by atoms with Gasteiger partial charge in [0.2, 0.25) is 5.91 Å². The van der Waals surface area contributed by atoms with Gasteiger partial charge in [0.1, 0.15) is 24.7 Å². The third-order valence-corrected chi connectivity index (χ3v) is 5.13. The molecule has 1 aromatic heterocycles.